The molecular weight excluding hydrogens is 322 g/mol. The molecule has 0 atom stereocenters. The highest BCUT2D eigenvalue weighted by Gasteiger charge is 2.22. The lowest BCUT2D eigenvalue weighted by Crippen LogP contribution is -2.28. The maximum absolute atomic E-state index is 12.1. The Morgan fingerprint density at radius 1 is 1.23 bits per heavy atom. The van der Waals surface area contributed by atoms with Crippen LogP contribution in [0.25, 0.3) is 6.08 Å². The molecule has 0 bridgehead atoms. The van der Waals surface area contributed by atoms with Crippen LogP contribution in [-0.4, -0.2) is 48.8 Å². The second-order valence-corrected chi connectivity index (χ2v) is 6.12. The van der Waals surface area contributed by atoms with Crippen molar-refractivity contribution in [1.82, 2.24) is 4.90 Å². The van der Waals surface area contributed by atoms with Gasteiger partial charge < -0.3 is 14.2 Å². The van der Waals surface area contributed by atoms with Crippen LogP contribution in [-0.2, 0) is 4.79 Å². The Bertz CT molecular complexity index is 591. The fourth-order valence-corrected chi connectivity index (χ4v) is 3.27. The summed E-state index contributed by atoms with van der Waals surface area (Å²) in [4.78, 5) is 13.7. The Hall–Kier alpha value is -1.73. The first-order valence-electron chi connectivity index (χ1n) is 6.57. The Balaban J connectivity index is 2.23. The summed E-state index contributed by atoms with van der Waals surface area (Å²) >= 11 is 6.66. The number of hydrogen-bond acceptors (Lipinski definition) is 6. The molecule has 1 fully saturated rings. The van der Waals surface area contributed by atoms with E-state index in [4.69, 9.17) is 26.4 Å². The molecule has 118 valence electrons. The van der Waals surface area contributed by atoms with Crippen LogP contribution in [0, 0.1) is 0 Å². The second-order valence-electron chi connectivity index (χ2n) is 4.40. The number of carbonyl (C=O) groups is 1. The molecule has 0 spiro atoms. The molecule has 1 saturated heterocycles. The van der Waals surface area contributed by atoms with E-state index in [1.54, 1.807) is 44.4 Å². The van der Waals surface area contributed by atoms with Crippen LogP contribution in [0.5, 0.6) is 17.2 Å². The Kier molecular flexibility index (Phi) is 5.68. The van der Waals surface area contributed by atoms with E-state index < -0.39 is 0 Å². The molecule has 22 heavy (non-hydrogen) atoms. The molecule has 0 radical (unpaired) electrons. The first kappa shape index (κ1) is 16.6. The maximum Gasteiger partial charge on any atom is 0.252 e. The summed E-state index contributed by atoms with van der Waals surface area (Å²) in [6.07, 6.45) is 3.21. The van der Waals surface area contributed by atoms with Crippen molar-refractivity contribution in [3.63, 3.8) is 0 Å². The summed E-state index contributed by atoms with van der Waals surface area (Å²) < 4.78 is 16.5. The van der Waals surface area contributed by atoms with Crippen molar-refractivity contribution < 1.29 is 19.0 Å². The van der Waals surface area contributed by atoms with Gasteiger partial charge >= 0.3 is 0 Å². The van der Waals surface area contributed by atoms with Gasteiger partial charge in [0.1, 0.15) is 4.32 Å². The van der Waals surface area contributed by atoms with Gasteiger partial charge in [-0.2, -0.15) is 0 Å². The molecule has 2 rings (SSSR count). The lowest BCUT2D eigenvalue weighted by molar-refractivity contribution is -0.121. The van der Waals surface area contributed by atoms with Crippen LogP contribution in [0.2, 0.25) is 0 Å². The minimum absolute atomic E-state index is 0.122. The van der Waals surface area contributed by atoms with Gasteiger partial charge in [0.25, 0.3) is 5.91 Å². The molecule has 1 heterocycles. The van der Waals surface area contributed by atoms with Gasteiger partial charge in [-0.3, -0.25) is 9.69 Å². The van der Waals surface area contributed by atoms with E-state index in [9.17, 15) is 4.79 Å². The van der Waals surface area contributed by atoms with Crippen molar-refractivity contribution in [2.24, 2.45) is 0 Å². The normalized spacial score (nSPS) is 14.5. The first-order valence-corrected chi connectivity index (χ1v) is 7.96. The highest BCUT2D eigenvalue weighted by molar-refractivity contribution is 8.23. The van der Waals surface area contributed by atoms with Crippen molar-refractivity contribution in [2.45, 2.75) is 0 Å². The van der Waals surface area contributed by atoms with Gasteiger partial charge in [-0.15, -0.1) is 0 Å². The molecule has 0 saturated carbocycles. The molecule has 1 aromatic rings. The Labute approximate surface area is 139 Å². The average Bonchev–Trinajstić information content (AvgIpc) is 2.97. The number of methoxy groups -OCH3 is 3. The number of hydrogen-bond donors (Lipinski definition) is 0. The molecule has 1 amide bonds. The molecule has 5 nitrogen and oxygen atoms in total. The topological polar surface area (TPSA) is 48.0 Å². The number of carbonyl (C=O) groups excluding carboxylic acids is 1. The molecule has 0 aliphatic carbocycles. The summed E-state index contributed by atoms with van der Waals surface area (Å²) in [5, 5.41) is 0. The van der Waals surface area contributed by atoms with E-state index in [1.165, 1.54) is 17.8 Å². The first-order chi connectivity index (χ1) is 10.6. The monoisotopic (exact) mass is 339 g/mol. The highest BCUT2D eigenvalue weighted by atomic mass is 32.2. The zero-order chi connectivity index (χ0) is 16.1. The van der Waals surface area contributed by atoms with Crippen molar-refractivity contribution in [3.8, 4) is 17.2 Å². The summed E-state index contributed by atoms with van der Waals surface area (Å²) in [5.74, 6) is 2.33. The lowest BCUT2D eigenvalue weighted by Gasteiger charge is -2.13. The summed E-state index contributed by atoms with van der Waals surface area (Å²) in [6, 6.07) is 3.56. The number of ether oxygens (including phenoxy) is 3. The third-order valence-electron chi connectivity index (χ3n) is 3.13. The zero-order valence-corrected chi connectivity index (χ0v) is 14.3. The van der Waals surface area contributed by atoms with Crippen molar-refractivity contribution >= 4 is 40.3 Å². The number of benzene rings is 1. The van der Waals surface area contributed by atoms with Gasteiger partial charge in [-0.25, -0.2) is 0 Å². The van der Waals surface area contributed by atoms with Crippen LogP contribution in [0.3, 0.4) is 0 Å². The molecule has 1 aromatic carbocycles. The predicted molar refractivity (Wildman–Crippen MR) is 91.9 cm³/mol. The molecule has 0 aromatic heterocycles. The smallest absolute Gasteiger partial charge is 0.252 e. The number of amides is 1. The largest absolute Gasteiger partial charge is 0.493 e. The van der Waals surface area contributed by atoms with Gasteiger partial charge in [0.2, 0.25) is 5.75 Å². The van der Waals surface area contributed by atoms with Crippen LogP contribution in [0.4, 0.5) is 0 Å². The number of rotatable bonds is 5. The summed E-state index contributed by atoms with van der Waals surface area (Å²) in [6.45, 7) is 0.655. The van der Waals surface area contributed by atoms with Crippen LogP contribution >= 0.6 is 24.0 Å². The second kappa shape index (κ2) is 7.51. The van der Waals surface area contributed by atoms with Gasteiger partial charge in [0, 0.05) is 18.4 Å². The van der Waals surface area contributed by atoms with E-state index in [-0.39, 0.29) is 5.91 Å². The third-order valence-corrected chi connectivity index (χ3v) is 4.56. The van der Waals surface area contributed by atoms with Gasteiger partial charge in [-0.05, 0) is 23.8 Å². The van der Waals surface area contributed by atoms with E-state index in [0.29, 0.717) is 28.1 Å². The molecule has 7 heteroatoms. The number of nitrogens with zero attached hydrogens (tertiary/aromatic N) is 1. The molecule has 1 aliphatic rings. The summed E-state index contributed by atoms with van der Waals surface area (Å²) in [7, 11) is 4.65. The van der Waals surface area contributed by atoms with Gasteiger partial charge in [0.05, 0.1) is 21.3 Å². The fourth-order valence-electron chi connectivity index (χ4n) is 2.05. The van der Waals surface area contributed by atoms with Crippen LogP contribution in [0.1, 0.15) is 5.56 Å². The quantitative estimate of drug-likeness (QED) is 0.607. The van der Waals surface area contributed by atoms with Crippen molar-refractivity contribution in [1.29, 1.82) is 0 Å². The highest BCUT2D eigenvalue weighted by Crippen LogP contribution is 2.38. The minimum atomic E-state index is -0.122. The Morgan fingerprint density at radius 2 is 1.86 bits per heavy atom. The van der Waals surface area contributed by atoms with Crippen LogP contribution in [0.15, 0.2) is 18.2 Å². The lowest BCUT2D eigenvalue weighted by atomic mass is 10.1. The van der Waals surface area contributed by atoms with Gasteiger partial charge in [-0.1, -0.05) is 24.0 Å². The predicted octanol–water partition coefficient (Wildman–Crippen LogP) is 2.59. The van der Waals surface area contributed by atoms with E-state index >= 15 is 0 Å². The molecular formula is C15H17NO4S2. The molecule has 1 aliphatic heterocycles. The molecule has 0 N–H and O–H groups in total. The fraction of sp³-hybridized carbons (Fsp3) is 0.333. The standard InChI is InChI=1S/C15H17NO4S2/c1-18-11-8-10(9-12(19-2)14(11)20-3)4-5-13(17)16-6-7-22-15(16)21/h4-5,8-9H,6-7H2,1-3H3/b5-4+. The van der Waals surface area contributed by atoms with E-state index in [1.807, 2.05) is 0 Å². The van der Waals surface area contributed by atoms with Crippen LogP contribution < -0.4 is 14.2 Å². The average molecular weight is 339 g/mol. The summed E-state index contributed by atoms with van der Waals surface area (Å²) in [5.41, 5.74) is 0.778. The number of thiocarbonyl (C=S) groups is 1. The number of thioether (sulfide) groups is 1. The van der Waals surface area contributed by atoms with Crippen molar-refractivity contribution in [2.75, 3.05) is 33.6 Å². The minimum Gasteiger partial charge on any atom is -0.493 e. The van der Waals surface area contributed by atoms with Crippen molar-refractivity contribution in [3.05, 3.63) is 23.8 Å². The molecule has 0 unspecified atom stereocenters. The van der Waals surface area contributed by atoms with E-state index in [0.717, 1.165) is 11.3 Å². The van der Waals surface area contributed by atoms with Gasteiger partial charge in [0.15, 0.2) is 11.5 Å². The SMILES string of the molecule is COc1cc(/C=C/C(=O)N2CCSC2=S)cc(OC)c1OC. The van der Waals surface area contributed by atoms with E-state index in [2.05, 4.69) is 0 Å². The Morgan fingerprint density at radius 3 is 2.32 bits per heavy atom. The maximum atomic E-state index is 12.1. The zero-order valence-electron chi connectivity index (χ0n) is 12.6. The third kappa shape index (κ3) is 3.53.